The highest BCUT2D eigenvalue weighted by molar-refractivity contribution is 7.16. The summed E-state index contributed by atoms with van der Waals surface area (Å²) in [5, 5.41) is 8.81. The number of fused-ring (bicyclic) bond motifs is 1. The van der Waals surface area contributed by atoms with E-state index in [0.29, 0.717) is 15.9 Å². The third-order valence-corrected chi connectivity index (χ3v) is 5.07. The van der Waals surface area contributed by atoms with E-state index in [9.17, 15) is 4.79 Å². The fraction of sp³-hybridized carbons (Fsp3) is 0.167. The largest absolute Gasteiger partial charge is 0.319 e. The molecule has 1 aromatic heterocycles. The summed E-state index contributed by atoms with van der Waals surface area (Å²) in [6.07, 6.45) is 0. The van der Waals surface area contributed by atoms with Crippen LogP contribution in [-0.2, 0) is 7.05 Å². The Labute approximate surface area is 138 Å². The van der Waals surface area contributed by atoms with Crippen molar-refractivity contribution in [3.05, 3.63) is 63.5 Å². The summed E-state index contributed by atoms with van der Waals surface area (Å²) in [6, 6.07) is 12.7. The molecule has 0 radical (unpaired) electrons. The maximum Gasteiger partial charge on any atom is 0.279 e. The minimum absolute atomic E-state index is 0.299. The van der Waals surface area contributed by atoms with Gasteiger partial charge in [0.05, 0.1) is 21.8 Å². The van der Waals surface area contributed by atoms with Crippen LogP contribution in [0.15, 0.2) is 41.4 Å². The van der Waals surface area contributed by atoms with Crippen LogP contribution in [0, 0.1) is 25.2 Å². The third kappa shape index (κ3) is 2.69. The van der Waals surface area contributed by atoms with Crippen LogP contribution in [0.4, 0.5) is 0 Å². The molecule has 0 fully saturated rings. The van der Waals surface area contributed by atoms with Gasteiger partial charge in [0, 0.05) is 12.6 Å². The molecule has 2 aromatic carbocycles. The molecule has 0 aliphatic rings. The van der Waals surface area contributed by atoms with E-state index in [1.807, 2.05) is 17.7 Å². The molecule has 1 amide bonds. The van der Waals surface area contributed by atoms with E-state index in [1.165, 1.54) is 16.9 Å². The van der Waals surface area contributed by atoms with Crippen LogP contribution < -0.4 is 4.80 Å². The van der Waals surface area contributed by atoms with Gasteiger partial charge in [-0.05, 0) is 49.2 Å². The molecule has 4 nitrogen and oxygen atoms in total. The van der Waals surface area contributed by atoms with Crippen molar-refractivity contribution in [2.45, 2.75) is 13.8 Å². The van der Waals surface area contributed by atoms with Gasteiger partial charge in [-0.2, -0.15) is 10.3 Å². The fourth-order valence-corrected chi connectivity index (χ4v) is 3.67. The van der Waals surface area contributed by atoms with Crippen LogP contribution >= 0.6 is 11.3 Å². The molecule has 114 valence electrons. The minimum Gasteiger partial charge on any atom is -0.319 e. The summed E-state index contributed by atoms with van der Waals surface area (Å²) >= 11 is 1.52. The molecule has 0 aliphatic heterocycles. The summed E-state index contributed by atoms with van der Waals surface area (Å²) in [4.78, 5) is 17.3. The molecular weight excluding hydrogens is 306 g/mol. The van der Waals surface area contributed by atoms with Gasteiger partial charge in [0.15, 0.2) is 4.80 Å². The molecule has 23 heavy (non-hydrogen) atoms. The highest BCUT2D eigenvalue weighted by Gasteiger charge is 2.10. The highest BCUT2D eigenvalue weighted by Crippen LogP contribution is 2.24. The van der Waals surface area contributed by atoms with E-state index < -0.39 is 0 Å². The molecule has 3 aromatic rings. The second kappa shape index (κ2) is 5.82. The minimum atomic E-state index is -0.299. The molecule has 1 heterocycles. The van der Waals surface area contributed by atoms with Gasteiger partial charge in [-0.15, -0.1) is 0 Å². The van der Waals surface area contributed by atoms with Gasteiger partial charge in [-0.1, -0.05) is 23.5 Å². The van der Waals surface area contributed by atoms with Crippen molar-refractivity contribution < 1.29 is 4.79 Å². The van der Waals surface area contributed by atoms with Gasteiger partial charge in [0.25, 0.3) is 5.91 Å². The van der Waals surface area contributed by atoms with Gasteiger partial charge in [0.2, 0.25) is 0 Å². The van der Waals surface area contributed by atoms with Gasteiger partial charge >= 0.3 is 0 Å². The van der Waals surface area contributed by atoms with E-state index in [4.69, 9.17) is 5.26 Å². The van der Waals surface area contributed by atoms with E-state index in [-0.39, 0.29) is 5.91 Å². The number of aromatic nitrogens is 1. The maximum atomic E-state index is 12.4. The number of amides is 1. The molecule has 0 atom stereocenters. The first kappa shape index (κ1) is 15.2. The topological polar surface area (TPSA) is 58.1 Å². The summed E-state index contributed by atoms with van der Waals surface area (Å²) in [6.45, 7) is 4.12. The van der Waals surface area contributed by atoms with Crippen LogP contribution in [0.5, 0.6) is 0 Å². The van der Waals surface area contributed by atoms with Crippen LogP contribution in [0.2, 0.25) is 0 Å². The molecule has 0 aliphatic carbocycles. The number of aryl methyl sites for hydroxylation is 3. The van der Waals surface area contributed by atoms with Crippen LogP contribution in [0.3, 0.4) is 0 Å². The Morgan fingerprint density at radius 2 is 1.78 bits per heavy atom. The number of thiazole rings is 1. The second-order valence-electron chi connectivity index (χ2n) is 5.43. The molecular formula is C18H15N3OS. The summed E-state index contributed by atoms with van der Waals surface area (Å²) < 4.78 is 3.11. The number of rotatable bonds is 1. The Kier molecular flexibility index (Phi) is 3.85. The lowest BCUT2D eigenvalue weighted by molar-refractivity contribution is 0.0998. The van der Waals surface area contributed by atoms with Crippen LogP contribution in [0.25, 0.3) is 10.2 Å². The van der Waals surface area contributed by atoms with Crippen molar-refractivity contribution in [3.63, 3.8) is 0 Å². The molecule has 3 rings (SSSR count). The zero-order valence-corrected chi connectivity index (χ0v) is 13.9. The molecule has 0 bridgehead atoms. The molecule has 0 N–H and O–H groups in total. The van der Waals surface area contributed by atoms with Gasteiger partial charge in [0.1, 0.15) is 0 Å². The smallest absolute Gasteiger partial charge is 0.279 e. The Morgan fingerprint density at radius 1 is 1.13 bits per heavy atom. The normalized spacial score (nSPS) is 11.7. The van der Waals surface area contributed by atoms with Crippen LogP contribution in [0.1, 0.15) is 27.0 Å². The molecule has 0 unspecified atom stereocenters. The average Bonchev–Trinajstić information content (AvgIpc) is 2.89. The lowest BCUT2D eigenvalue weighted by Gasteiger charge is -2.01. The van der Waals surface area contributed by atoms with Crippen molar-refractivity contribution in [3.8, 4) is 6.07 Å². The number of hydrogen-bond donors (Lipinski definition) is 0. The molecule has 0 saturated carbocycles. The summed E-state index contributed by atoms with van der Waals surface area (Å²) in [5.41, 5.74) is 4.46. The van der Waals surface area contributed by atoms with Gasteiger partial charge in [-0.3, -0.25) is 4.79 Å². The Bertz CT molecular complexity index is 1020. The third-order valence-electron chi connectivity index (χ3n) is 3.80. The maximum absolute atomic E-state index is 12.4. The first-order chi connectivity index (χ1) is 11.0. The van der Waals surface area contributed by atoms with E-state index in [0.717, 1.165) is 15.8 Å². The predicted molar refractivity (Wildman–Crippen MR) is 91.3 cm³/mol. The number of benzene rings is 2. The van der Waals surface area contributed by atoms with Crippen LogP contribution in [-0.4, -0.2) is 10.5 Å². The number of nitriles is 1. The number of carbonyl (C=O) groups excluding carboxylic acids is 1. The fourth-order valence-electron chi connectivity index (χ4n) is 2.51. The Hall–Kier alpha value is -2.71. The first-order valence-corrected chi connectivity index (χ1v) is 7.98. The lowest BCUT2D eigenvalue weighted by atomic mass is 10.1. The van der Waals surface area contributed by atoms with E-state index in [1.54, 1.807) is 24.3 Å². The zero-order chi connectivity index (χ0) is 16.6. The summed E-state index contributed by atoms with van der Waals surface area (Å²) in [7, 11) is 1.93. The Balaban J connectivity index is 2.12. The predicted octanol–water partition coefficient (Wildman–Crippen LogP) is 3.47. The first-order valence-electron chi connectivity index (χ1n) is 7.16. The number of carbonyl (C=O) groups is 1. The SMILES string of the molecule is Cc1ccc(C)c2c1sc(=NC(=O)c1ccc(C#N)cc1)n2C. The van der Waals surface area contributed by atoms with E-state index in [2.05, 4.69) is 31.0 Å². The van der Waals surface area contributed by atoms with Crippen molar-refractivity contribution in [2.24, 2.45) is 12.0 Å². The average molecular weight is 321 g/mol. The van der Waals surface area contributed by atoms with Gasteiger partial charge < -0.3 is 4.57 Å². The van der Waals surface area contributed by atoms with Crippen molar-refractivity contribution in [1.29, 1.82) is 5.26 Å². The Morgan fingerprint density at radius 3 is 2.39 bits per heavy atom. The highest BCUT2D eigenvalue weighted by atomic mass is 32.1. The summed E-state index contributed by atoms with van der Waals surface area (Å²) in [5.74, 6) is -0.299. The number of nitrogens with zero attached hydrogens (tertiary/aromatic N) is 3. The van der Waals surface area contributed by atoms with Crippen molar-refractivity contribution in [1.82, 2.24) is 4.57 Å². The molecule has 0 spiro atoms. The zero-order valence-electron chi connectivity index (χ0n) is 13.1. The lowest BCUT2D eigenvalue weighted by Crippen LogP contribution is -2.13. The van der Waals surface area contributed by atoms with Crippen molar-refractivity contribution >= 4 is 27.5 Å². The standard InChI is InChI=1S/C18H15N3OS/c1-11-4-5-12(2)16-15(11)21(3)18(23-16)20-17(22)14-8-6-13(10-19)7-9-14/h4-9H,1-3H3. The monoisotopic (exact) mass is 321 g/mol. The second-order valence-corrected chi connectivity index (χ2v) is 6.40. The van der Waals surface area contributed by atoms with E-state index >= 15 is 0 Å². The van der Waals surface area contributed by atoms with Crippen molar-refractivity contribution in [2.75, 3.05) is 0 Å². The number of hydrogen-bond acceptors (Lipinski definition) is 3. The molecule has 5 heteroatoms. The molecule has 0 saturated heterocycles. The van der Waals surface area contributed by atoms with Gasteiger partial charge in [-0.25, -0.2) is 0 Å². The quantitative estimate of drug-likeness (QED) is 0.689.